The Bertz CT molecular complexity index is 936. The second kappa shape index (κ2) is 8.29. The van der Waals surface area contributed by atoms with E-state index in [1.165, 1.54) is 4.90 Å². The van der Waals surface area contributed by atoms with Gasteiger partial charge in [-0.1, -0.05) is 39.1 Å². The van der Waals surface area contributed by atoms with Crippen molar-refractivity contribution in [2.24, 2.45) is 0 Å². The van der Waals surface area contributed by atoms with Gasteiger partial charge in [0.05, 0.1) is 21.8 Å². The van der Waals surface area contributed by atoms with Gasteiger partial charge in [0, 0.05) is 22.6 Å². The first-order valence-electron chi connectivity index (χ1n) is 8.02. The summed E-state index contributed by atoms with van der Waals surface area (Å²) in [6, 6.07) is 9.27. The van der Waals surface area contributed by atoms with Crippen LogP contribution in [0.15, 0.2) is 40.9 Å². The van der Waals surface area contributed by atoms with Gasteiger partial charge in [0.25, 0.3) is 11.8 Å². The number of benzene rings is 2. The van der Waals surface area contributed by atoms with E-state index in [9.17, 15) is 14.4 Å². The summed E-state index contributed by atoms with van der Waals surface area (Å²) in [6.45, 7) is 0.489. The minimum absolute atomic E-state index is 0.210. The van der Waals surface area contributed by atoms with Gasteiger partial charge in [0.15, 0.2) is 0 Å². The molecule has 0 unspecified atom stereocenters. The molecule has 1 aliphatic heterocycles. The number of nitrogens with zero attached hydrogens (tertiary/aromatic N) is 1. The third kappa shape index (κ3) is 4.43. The molecule has 27 heavy (non-hydrogen) atoms. The van der Waals surface area contributed by atoms with Crippen LogP contribution in [0.5, 0.6) is 0 Å². The van der Waals surface area contributed by atoms with Gasteiger partial charge in [-0.15, -0.1) is 0 Å². The SMILES string of the molecule is O=C(NCCCN1C(=O)c2ccc(Br)cc2C1=O)Nc1cc(Cl)ccc1Cl. The van der Waals surface area contributed by atoms with Crippen molar-refractivity contribution >= 4 is 62.7 Å². The summed E-state index contributed by atoms with van der Waals surface area (Å²) >= 11 is 15.2. The lowest BCUT2D eigenvalue weighted by molar-refractivity contribution is 0.0653. The number of hydrogen-bond donors (Lipinski definition) is 2. The molecule has 1 heterocycles. The lowest BCUT2D eigenvalue weighted by Gasteiger charge is -2.14. The molecule has 1 aliphatic rings. The smallest absolute Gasteiger partial charge is 0.319 e. The van der Waals surface area contributed by atoms with Gasteiger partial charge in [-0.25, -0.2) is 4.79 Å². The zero-order chi connectivity index (χ0) is 19.6. The molecule has 0 radical (unpaired) electrons. The summed E-state index contributed by atoms with van der Waals surface area (Å²) in [7, 11) is 0. The van der Waals surface area contributed by atoms with Crippen LogP contribution >= 0.6 is 39.1 Å². The molecule has 0 fully saturated rings. The molecule has 140 valence electrons. The van der Waals surface area contributed by atoms with E-state index in [1.54, 1.807) is 36.4 Å². The first-order chi connectivity index (χ1) is 12.9. The predicted octanol–water partition coefficient (Wildman–Crippen LogP) is 4.56. The van der Waals surface area contributed by atoms with E-state index in [0.29, 0.717) is 33.3 Å². The van der Waals surface area contributed by atoms with Crippen LogP contribution in [0, 0.1) is 0 Å². The van der Waals surface area contributed by atoms with E-state index in [-0.39, 0.29) is 24.9 Å². The number of urea groups is 1. The number of anilines is 1. The van der Waals surface area contributed by atoms with Crippen molar-refractivity contribution in [2.45, 2.75) is 6.42 Å². The Morgan fingerprint density at radius 1 is 1.04 bits per heavy atom. The van der Waals surface area contributed by atoms with Gasteiger partial charge >= 0.3 is 6.03 Å². The Kier molecular flexibility index (Phi) is 6.04. The van der Waals surface area contributed by atoms with Crippen LogP contribution < -0.4 is 10.6 Å². The standard InChI is InChI=1S/C18H14BrCl2N3O3/c19-10-2-4-12-13(8-10)17(26)24(16(12)25)7-1-6-22-18(27)23-15-9-11(20)3-5-14(15)21/h2-5,8-9H,1,6-7H2,(H2,22,23,27). The van der Waals surface area contributed by atoms with Crippen molar-refractivity contribution in [1.29, 1.82) is 0 Å². The molecule has 2 aromatic carbocycles. The molecule has 2 aromatic rings. The Morgan fingerprint density at radius 2 is 1.78 bits per heavy atom. The number of halogens is 3. The molecule has 0 atom stereocenters. The summed E-state index contributed by atoms with van der Waals surface area (Å²) < 4.78 is 0.738. The van der Waals surface area contributed by atoms with Crippen molar-refractivity contribution < 1.29 is 14.4 Å². The summed E-state index contributed by atoms with van der Waals surface area (Å²) in [5.41, 5.74) is 1.17. The van der Waals surface area contributed by atoms with Gasteiger partial charge in [-0.05, 0) is 42.8 Å². The number of hydrogen-bond acceptors (Lipinski definition) is 3. The fourth-order valence-electron chi connectivity index (χ4n) is 2.66. The highest BCUT2D eigenvalue weighted by atomic mass is 79.9. The number of imide groups is 1. The number of amides is 4. The van der Waals surface area contributed by atoms with Crippen molar-refractivity contribution in [3.05, 3.63) is 62.0 Å². The molecule has 3 rings (SSSR count). The Balaban J connectivity index is 1.49. The van der Waals surface area contributed by atoms with Crippen LogP contribution in [0.2, 0.25) is 10.0 Å². The average Bonchev–Trinajstić information content (AvgIpc) is 2.85. The van der Waals surface area contributed by atoms with Gasteiger partial charge in [0.2, 0.25) is 0 Å². The number of rotatable bonds is 5. The summed E-state index contributed by atoms with van der Waals surface area (Å²) in [4.78, 5) is 37.8. The molecular weight excluding hydrogens is 457 g/mol. The van der Waals surface area contributed by atoms with E-state index in [1.807, 2.05) is 0 Å². The first-order valence-corrected chi connectivity index (χ1v) is 9.57. The molecule has 0 saturated carbocycles. The zero-order valence-corrected chi connectivity index (χ0v) is 17.0. The highest BCUT2D eigenvalue weighted by Crippen LogP contribution is 2.26. The molecule has 4 amide bonds. The van der Waals surface area contributed by atoms with Crippen molar-refractivity contribution in [2.75, 3.05) is 18.4 Å². The number of nitrogens with one attached hydrogen (secondary N) is 2. The molecular formula is C18H14BrCl2N3O3. The zero-order valence-electron chi connectivity index (χ0n) is 13.9. The normalized spacial score (nSPS) is 12.9. The van der Waals surface area contributed by atoms with Gasteiger partial charge in [-0.2, -0.15) is 0 Å². The lowest BCUT2D eigenvalue weighted by atomic mass is 10.1. The van der Waals surface area contributed by atoms with Crippen LogP contribution in [0.3, 0.4) is 0 Å². The summed E-state index contributed by atoms with van der Waals surface area (Å²) in [5, 5.41) is 6.07. The van der Waals surface area contributed by atoms with Gasteiger partial charge in [0.1, 0.15) is 0 Å². The fraction of sp³-hybridized carbons (Fsp3) is 0.167. The first kappa shape index (κ1) is 19.7. The third-order valence-electron chi connectivity index (χ3n) is 3.95. The Morgan fingerprint density at radius 3 is 2.56 bits per heavy atom. The second-order valence-corrected chi connectivity index (χ2v) is 7.57. The molecule has 2 N–H and O–H groups in total. The van der Waals surface area contributed by atoms with Crippen molar-refractivity contribution in [3.63, 3.8) is 0 Å². The number of carbonyl (C=O) groups excluding carboxylic acids is 3. The minimum atomic E-state index is -0.453. The molecule has 0 aliphatic carbocycles. The van der Waals surface area contributed by atoms with Gasteiger partial charge in [-0.3, -0.25) is 14.5 Å². The minimum Gasteiger partial charge on any atom is -0.338 e. The van der Waals surface area contributed by atoms with E-state index in [0.717, 1.165) is 4.47 Å². The van der Waals surface area contributed by atoms with Gasteiger partial charge < -0.3 is 10.6 Å². The number of fused-ring (bicyclic) bond motifs is 1. The molecule has 0 aromatic heterocycles. The van der Waals surface area contributed by atoms with Crippen LogP contribution in [0.1, 0.15) is 27.1 Å². The maximum atomic E-state index is 12.4. The maximum Gasteiger partial charge on any atom is 0.319 e. The predicted molar refractivity (Wildman–Crippen MR) is 108 cm³/mol. The molecule has 6 nitrogen and oxygen atoms in total. The second-order valence-electron chi connectivity index (χ2n) is 5.81. The lowest BCUT2D eigenvalue weighted by Crippen LogP contribution is -2.35. The van der Waals surface area contributed by atoms with E-state index >= 15 is 0 Å². The largest absolute Gasteiger partial charge is 0.338 e. The summed E-state index contributed by atoms with van der Waals surface area (Å²) in [6.07, 6.45) is 0.420. The third-order valence-corrected chi connectivity index (χ3v) is 5.01. The Labute approximate surface area is 173 Å². The fourth-order valence-corrected chi connectivity index (χ4v) is 3.36. The topological polar surface area (TPSA) is 78.5 Å². The maximum absolute atomic E-state index is 12.4. The average molecular weight is 471 g/mol. The quantitative estimate of drug-likeness (QED) is 0.496. The Hall–Kier alpha value is -2.09. The van der Waals surface area contributed by atoms with Crippen LogP contribution in [-0.4, -0.2) is 35.8 Å². The highest BCUT2D eigenvalue weighted by molar-refractivity contribution is 9.10. The van der Waals surface area contributed by atoms with E-state index < -0.39 is 6.03 Å². The molecule has 0 bridgehead atoms. The monoisotopic (exact) mass is 469 g/mol. The van der Waals surface area contributed by atoms with Crippen LogP contribution in [0.25, 0.3) is 0 Å². The van der Waals surface area contributed by atoms with E-state index in [4.69, 9.17) is 23.2 Å². The highest BCUT2D eigenvalue weighted by Gasteiger charge is 2.34. The van der Waals surface area contributed by atoms with E-state index in [2.05, 4.69) is 26.6 Å². The van der Waals surface area contributed by atoms with Crippen molar-refractivity contribution in [1.82, 2.24) is 10.2 Å². The number of carbonyl (C=O) groups is 3. The molecule has 0 spiro atoms. The van der Waals surface area contributed by atoms with Crippen molar-refractivity contribution in [3.8, 4) is 0 Å². The molecule has 0 saturated heterocycles. The van der Waals surface area contributed by atoms with Crippen LogP contribution in [0.4, 0.5) is 10.5 Å². The molecule has 9 heteroatoms. The van der Waals surface area contributed by atoms with Crippen LogP contribution in [-0.2, 0) is 0 Å². The summed E-state index contributed by atoms with van der Waals surface area (Å²) in [5.74, 6) is -0.649.